The minimum Gasteiger partial charge on any atom is -0.317 e. The lowest BCUT2D eigenvalue weighted by atomic mass is 10.0. The van der Waals surface area contributed by atoms with Gasteiger partial charge in [0.1, 0.15) is 6.04 Å². The summed E-state index contributed by atoms with van der Waals surface area (Å²) in [6.07, 6.45) is 5.79. The lowest BCUT2D eigenvalue weighted by Crippen LogP contribution is -2.48. The van der Waals surface area contributed by atoms with Crippen molar-refractivity contribution in [3.8, 4) is 0 Å². The lowest BCUT2D eigenvalue weighted by molar-refractivity contribution is 0.0174. The van der Waals surface area contributed by atoms with E-state index in [1.807, 2.05) is 17.3 Å². The molecule has 0 aliphatic carbocycles. The average molecular weight is 321 g/mol. The molecule has 2 heterocycles. The molecule has 0 spiro atoms. The van der Waals surface area contributed by atoms with E-state index in [0.29, 0.717) is 11.6 Å². The van der Waals surface area contributed by atoms with Crippen molar-refractivity contribution in [2.75, 3.05) is 13.1 Å². The van der Waals surface area contributed by atoms with Gasteiger partial charge in [0.25, 0.3) is 5.92 Å². The van der Waals surface area contributed by atoms with Crippen LogP contribution in [-0.2, 0) is 5.92 Å². The van der Waals surface area contributed by atoms with Crippen LogP contribution in [-0.4, -0.2) is 36.0 Å². The molecule has 2 aliphatic heterocycles. The summed E-state index contributed by atoms with van der Waals surface area (Å²) in [5, 5.41) is 5.31. The number of carbonyl (C=O) groups excluding carboxylic acids is 1. The summed E-state index contributed by atoms with van der Waals surface area (Å²) in [5.74, 6) is -3.00. The van der Waals surface area contributed by atoms with Crippen LogP contribution in [0, 0.1) is 0 Å². The number of benzene rings is 1. The van der Waals surface area contributed by atoms with Crippen molar-refractivity contribution in [3.05, 3.63) is 47.7 Å². The number of nitrogens with zero attached hydrogens (tertiary/aromatic N) is 1. The predicted octanol–water partition coefficient (Wildman–Crippen LogP) is 2.44. The zero-order valence-corrected chi connectivity index (χ0v) is 13.1. The first-order valence-electron chi connectivity index (χ1n) is 7.91. The van der Waals surface area contributed by atoms with E-state index < -0.39 is 12.0 Å². The van der Waals surface area contributed by atoms with Crippen molar-refractivity contribution in [3.63, 3.8) is 0 Å². The molecule has 6 heteroatoms. The maximum Gasteiger partial charge on any atom is 0.270 e. The summed E-state index contributed by atoms with van der Waals surface area (Å²) in [4.78, 5) is 12.5. The summed E-state index contributed by atoms with van der Waals surface area (Å²) < 4.78 is 26.5. The monoisotopic (exact) mass is 321 g/mol. The van der Waals surface area contributed by atoms with E-state index in [0.717, 1.165) is 32.9 Å². The van der Waals surface area contributed by atoms with Crippen molar-refractivity contribution in [1.82, 2.24) is 15.8 Å². The number of hydrogen-bond donors (Lipinski definition) is 2. The highest BCUT2D eigenvalue weighted by Crippen LogP contribution is 2.27. The standard InChI is InChI=1S/C17H21F2N3O/c1-17(18,19)13-4-2-12(3-5-13)16(23)15-8-11-22(21-15)14-6-9-20-10-7-14/h2-5,8,11,14-15,20-21H,6-7,9-10H2,1H3. The number of piperidine rings is 1. The van der Waals surface area contributed by atoms with Crippen molar-refractivity contribution < 1.29 is 13.6 Å². The Labute approximate surface area is 134 Å². The molecule has 1 fully saturated rings. The fourth-order valence-electron chi connectivity index (χ4n) is 2.99. The molecular weight excluding hydrogens is 300 g/mol. The molecule has 0 amide bonds. The molecule has 23 heavy (non-hydrogen) atoms. The zero-order chi connectivity index (χ0) is 16.4. The third kappa shape index (κ3) is 3.59. The van der Waals surface area contributed by atoms with E-state index in [9.17, 15) is 13.6 Å². The largest absolute Gasteiger partial charge is 0.317 e. The third-order valence-corrected chi connectivity index (χ3v) is 4.39. The van der Waals surface area contributed by atoms with Crippen LogP contribution in [0.15, 0.2) is 36.5 Å². The zero-order valence-electron chi connectivity index (χ0n) is 13.1. The van der Waals surface area contributed by atoms with Gasteiger partial charge in [-0.2, -0.15) is 0 Å². The molecule has 1 aromatic carbocycles. The Kier molecular flexibility index (Phi) is 4.46. The van der Waals surface area contributed by atoms with E-state index in [4.69, 9.17) is 0 Å². The van der Waals surface area contributed by atoms with Crippen LogP contribution in [0.3, 0.4) is 0 Å². The van der Waals surface area contributed by atoms with E-state index in [1.165, 1.54) is 24.3 Å². The predicted molar refractivity (Wildman–Crippen MR) is 84.1 cm³/mol. The maximum atomic E-state index is 13.2. The summed E-state index contributed by atoms with van der Waals surface area (Å²) >= 11 is 0. The van der Waals surface area contributed by atoms with Crippen LogP contribution in [0.25, 0.3) is 0 Å². The molecule has 124 valence electrons. The first-order valence-corrected chi connectivity index (χ1v) is 7.91. The number of rotatable bonds is 4. The third-order valence-electron chi connectivity index (χ3n) is 4.39. The molecule has 0 bridgehead atoms. The molecule has 1 aromatic rings. The minimum atomic E-state index is -2.89. The highest BCUT2D eigenvalue weighted by molar-refractivity contribution is 6.01. The second-order valence-corrected chi connectivity index (χ2v) is 6.17. The normalized spacial score (nSPS) is 22.6. The Morgan fingerprint density at radius 2 is 1.87 bits per heavy atom. The van der Waals surface area contributed by atoms with Gasteiger partial charge in [0, 0.05) is 30.3 Å². The van der Waals surface area contributed by atoms with Crippen LogP contribution >= 0.6 is 0 Å². The van der Waals surface area contributed by atoms with Crippen LogP contribution in [0.1, 0.15) is 35.7 Å². The minimum absolute atomic E-state index is 0.0831. The number of hydrogen-bond acceptors (Lipinski definition) is 4. The summed E-state index contributed by atoms with van der Waals surface area (Å²) in [6.45, 7) is 2.80. The van der Waals surface area contributed by atoms with Crippen molar-refractivity contribution in [1.29, 1.82) is 0 Å². The Morgan fingerprint density at radius 3 is 2.48 bits per heavy atom. The first-order chi connectivity index (χ1) is 10.9. The van der Waals surface area contributed by atoms with Crippen molar-refractivity contribution in [2.45, 2.75) is 37.8 Å². The molecule has 1 saturated heterocycles. The van der Waals surface area contributed by atoms with Crippen LogP contribution in [0.5, 0.6) is 0 Å². The molecule has 0 radical (unpaired) electrons. The van der Waals surface area contributed by atoms with Gasteiger partial charge in [-0.05, 0) is 32.0 Å². The first kappa shape index (κ1) is 16.1. The molecule has 1 atom stereocenters. The van der Waals surface area contributed by atoms with Crippen molar-refractivity contribution >= 4 is 5.78 Å². The van der Waals surface area contributed by atoms with E-state index in [-0.39, 0.29) is 11.3 Å². The smallest absolute Gasteiger partial charge is 0.270 e. The quantitative estimate of drug-likeness (QED) is 0.836. The Morgan fingerprint density at radius 1 is 1.22 bits per heavy atom. The van der Waals surface area contributed by atoms with Crippen molar-refractivity contribution in [2.24, 2.45) is 0 Å². The number of halogens is 2. The van der Waals surface area contributed by atoms with Gasteiger partial charge in [0.05, 0.1) is 0 Å². The maximum absolute atomic E-state index is 13.2. The number of Topliss-reactive ketones (excluding diaryl/α,β-unsaturated/α-hetero) is 1. The average Bonchev–Trinajstić information content (AvgIpc) is 3.04. The van der Waals surface area contributed by atoms with Crippen LogP contribution in [0.2, 0.25) is 0 Å². The number of carbonyl (C=O) groups is 1. The fraction of sp³-hybridized carbons (Fsp3) is 0.471. The molecular formula is C17H21F2N3O. The van der Waals surface area contributed by atoms with E-state index in [2.05, 4.69) is 10.7 Å². The van der Waals surface area contributed by atoms with Gasteiger partial charge in [0.2, 0.25) is 0 Å². The topological polar surface area (TPSA) is 44.4 Å². The highest BCUT2D eigenvalue weighted by Gasteiger charge is 2.29. The number of ketones is 1. The van der Waals surface area contributed by atoms with Gasteiger partial charge in [-0.1, -0.05) is 24.3 Å². The summed E-state index contributed by atoms with van der Waals surface area (Å²) in [7, 11) is 0. The Hall–Kier alpha value is -1.79. The molecule has 0 aromatic heterocycles. The summed E-state index contributed by atoms with van der Waals surface area (Å²) in [6, 6.07) is 5.52. The Balaban J connectivity index is 1.64. The molecule has 1 unspecified atom stereocenters. The fourth-order valence-corrected chi connectivity index (χ4v) is 2.99. The van der Waals surface area contributed by atoms with Gasteiger partial charge < -0.3 is 10.3 Å². The lowest BCUT2D eigenvalue weighted by Gasteiger charge is -2.32. The summed E-state index contributed by atoms with van der Waals surface area (Å²) in [5.41, 5.74) is 3.55. The molecule has 3 rings (SSSR count). The number of nitrogens with one attached hydrogen (secondary N) is 2. The molecule has 2 aliphatic rings. The van der Waals surface area contributed by atoms with Gasteiger partial charge in [-0.15, -0.1) is 0 Å². The SMILES string of the molecule is CC(F)(F)c1ccc(C(=O)C2C=CN(C3CCNCC3)N2)cc1. The molecule has 4 nitrogen and oxygen atoms in total. The Bertz CT molecular complexity index is 589. The van der Waals surface area contributed by atoms with E-state index in [1.54, 1.807) is 0 Å². The van der Waals surface area contributed by atoms with Crippen LogP contribution in [0.4, 0.5) is 8.78 Å². The van der Waals surface area contributed by atoms with Gasteiger partial charge in [0.15, 0.2) is 5.78 Å². The second-order valence-electron chi connectivity index (χ2n) is 6.17. The molecule has 2 N–H and O–H groups in total. The van der Waals surface area contributed by atoms with Gasteiger partial charge in [-0.25, -0.2) is 14.2 Å². The number of alkyl halides is 2. The van der Waals surface area contributed by atoms with Gasteiger partial charge >= 0.3 is 0 Å². The van der Waals surface area contributed by atoms with E-state index >= 15 is 0 Å². The highest BCUT2D eigenvalue weighted by atomic mass is 19.3. The molecule has 0 saturated carbocycles. The van der Waals surface area contributed by atoms with Crippen LogP contribution < -0.4 is 10.7 Å². The number of hydrazine groups is 1. The van der Waals surface area contributed by atoms with Gasteiger partial charge in [-0.3, -0.25) is 4.79 Å². The second kappa shape index (κ2) is 6.37.